The van der Waals surface area contributed by atoms with E-state index in [9.17, 15) is 9.90 Å². The summed E-state index contributed by atoms with van der Waals surface area (Å²) in [4.78, 5) is 12.8. The van der Waals surface area contributed by atoms with E-state index in [1.165, 1.54) is 44.9 Å². The Morgan fingerprint density at radius 2 is 1.79 bits per heavy atom. The van der Waals surface area contributed by atoms with Crippen LogP contribution in [0.2, 0.25) is 0 Å². The van der Waals surface area contributed by atoms with Crippen LogP contribution in [0, 0.1) is 46.3 Å². The summed E-state index contributed by atoms with van der Waals surface area (Å²) in [6, 6.07) is 9.30. The molecule has 1 heterocycles. The molecule has 4 heteroatoms. The Bertz CT molecular complexity index is 1020. The first-order chi connectivity index (χ1) is 18.1. The maximum Gasteiger partial charge on any atom is 0.338 e. The number of carbonyl (C=O) groups excluding carboxylic acids is 1. The molecule has 0 aromatic heterocycles. The molecule has 4 saturated carbocycles. The molecule has 0 unspecified atom stereocenters. The van der Waals surface area contributed by atoms with Crippen LogP contribution in [-0.4, -0.2) is 35.0 Å². The van der Waals surface area contributed by atoms with Crippen molar-refractivity contribution in [1.29, 1.82) is 0 Å². The molecule has 38 heavy (non-hydrogen) atoms. The van der Waals surface area contributed by atoms with Crippen LogP contribution in [0.1, 0.15) is 109 Å². The number of esters is 1. The van der Waals surface area contributed by atoms with E-state index in [1.807, 2.05) is 30.3 Å². The van der Waals surface area contributed by atoms with Gasteiger partial charge in [-0.2, -0.15) is 0 Å². The Kier molecular flexibility index (Phi) is 6.78. The maximum atomic E-state index is 12.8. The Morgan fingerprint density at radius 1 is 1.03 bits per heavy atom. The van der Waals surface area contributed by atoms with Gasteiger partial charge in [0, 0.05) is 11.8 Å². The zero-order chi connectivity index (χ0) is 26.9. The van der Waals surface area contributed by atoms with Crippen molar-refractivity contribution >= 4 is 5.97 Å². The molecule has 11 atom stereocenters. The second-order valence-corrected chi connectivity index (χ2v) is 14.8. The molecule has 210 valence electrons. The van der Waals surface area contributed by atoms with E-state index < -0.39 is 6.10 Å². The van der Waals surface area contributed by atoms with Gasteiger partial charge in [-0.05, 0) is 91.6 Å². The molecule has 1 aliphatic heterocycles. The average molecular weight is 523 g/mol. The third-order valence-electron chi connectivity index (χ3n) is 12.6. The Hall–Kier alpha value is -1.39. The SMILES string of the molecule is CC(C)CCC[C@H](C)[C@@H]1CC[C@@H]2[C@@H]3[C@H](O)[C@@H]4O[C@@]45C[C@H](OC(=O)c4ccccc4)CC[C@]5(C)[C@@H]3CC[C@@]21C. The molecule has 6 rings (SSSR count). The number of rotatable bonds is 7. The fraction of sp³-hybridized carbons (Fsp3) is 0.794. The van der Waals surface area contributed by atoms with Gasteiger partial charge in [0.1, 0.15) is 17.8 Å². The Balaban J connectivity index is 1.17. The molecule has 4 aliphatic carbocycles. The van der Waals surface area contributed by atoms with Crippen molar-refractivity contribution in [2.75, 3.05) is 0 Å². The Labute approximate surface area is 230 Å². The van der Waals surface area contributed by atoms with Gasteiger partial charge in [0.05, 0.1) is 11.7 Å². The van der Waals surface area contributed by atoms with Gasteiger partial charge in [0.2, 0.25) is 0 Å². The van der Waals surface area contributed by atoms with E-state index in [0.717, 1.165) is 37.0 Å². The third kappa shape index (κ3) is 4.02. The normalized spacial score (nSPS) is 45.9. The van der Waals surface area contributed by atoms with Crippen LogP contribution in [0.3, 0.4) is 0 Å². The number of benzene rings is 1. The molecule has 5 aliphatic rings. The zero-order valence-corrected chi connectivity index (χ0v) is 24.3. The first kappa shape index (κ1) is 26.8. The molecule has 0 bridgehead atoms. The van der Waals surface area contributed by atoms with Gasteiger partial charge in [0.15, 0.2) is 0 Å². The smallest absolute Gasteiger partial charge is 0.338 e. The number of aliphatic hydroxyl groups excluding tert-OH is 1. The fourth-order valence-electron chi connectivity index (χ4n) is 10.5. The lowest BCUT2D eigenvalue weighted by atomic mass is 9.43. The first-order valence-corrected chi connectivity index (χ1v) is 15.7. The number of epoxide rings is 1. The topological polar surface area (TPSA) is 59.1 Å². The van der Waals surface area contributed by atoms with Crippen molar-refractivity contribution in [1.82, 2.24) is 0 Å². The molecule has 1 aromatic rings. The van der Waals surface area contributed by atoms with E-state index in [2.05, 4.69) is 34.6 Å². The minimum Gasteiger partial charge on any atom is -0.459 e. The minimum atomic E-state index is -0.392. The van der Waals surface area contributed by atoms with Gasteiger partial charge in [-0.3, -0.25) is 0 Å². The van der Waals surface area contributed by atoms with Crippen molar-refractivity contribution in [3.05, 3.63) is 35.9 Å². The van der Waals surface area contributed by atoms with Crippen LogP contribution in [-0.2, 0) is 9.47 Å². The van der Waals surface area contributed by atoms with Crippen molar-refractivity contribution in [2.45, 2.75) is 123 Å². The van der Waals surface area contributed by atoms with E-state index in [0.29, 0.717) is 28.7 Å². The quantitative estimate of drug-likeness (QED) is 0.299. The molecule has 1 N–H and O–H groups in total. The van der Waals surface area contributed by atoms with Crippen LogP contribution >= 0.6 is 0 Å². The molecule has 5 fully saturated rings. The largest absolute Gasteiger partial charge is 0.459 e. The molecule has 0 radical (unpaired) electrons. The molecular weight excluding hydrogens is 472 g/mol. The van der Waals surface area contributed by atoms with Crippen LogP contribution in [0.25, 0.3) is 0 Å². The predicted octanol–water partition coefficient (Wildman–Crippen LogP) is 7.44. The highest BCUT2D eigenvalue weighted by Crippen LogP contribution is 2.74. The number of ether oxygens (including phenoxy) is 2. The van der Waals surface area contributed by atoms with Crippen LogP contribution in [0.4, 0.5) is 0 Å². The van der Waals surface area contributed by atoms with Crippen LogP contribution in [0.15, 0.2) is 30.3 Å². The van der Waals surface area contributed by atoms with E-state index in [4.69, 9.17) is 9.47 Å². The minimum absolute atomic E-state index is 0.0551. The average Bonchev–Trinajstić information content (AvgIpc) is 3.51. The van der Waals surface area contributed by atoms with Gasteiger partial charge < -0.3 is 14.6 Å². The first-order valence-electron chi connectivity index (χ1n) is 15.7. The second-order valence-electron chi connectivity index (χ2n) is 14.8. The van der Waals surface area contributed by atoms with Gasteiger partial charge in [-0.1, -0.05) is 72.1 Å². The summed E-state index contributed by atoms with van der Waals surface area (Å²) in [6.07, 6.45) is 11.1. The molecule has 1 aromatic carbocycles. The molecular formula is C34H50O4. The fourth-order valence-corrected chi connectivity index (χ4v) is 10.5. The number of fused-ring (bicyclic) bond motifs is 4. The van der Waals surface area contributed by atoms with Gasteiger partial charge >= 0.3 is 5.97 Å². The summed E-state index contributed by atoms with van der Waals surface area (Å²) in [5.74, 6) is 3.53. The lowest BCUT2D eigenvalue weighted by Crippen LogP contribution is -2.63. The van der Waals surface area contributed by atoms with Crippen LogP contribution < -0.4 is 0 Å². The van der Waals surface area contributed by atoms with Gasteiger partial charge in [-0.15, -0.1) is 0 Å². The van der Waals surface area contributed by atoms with Crippen molar-refractivity contribution < 1.29 is 19.4 Å². The van der Waals surface area contributed by atoms with Crippen molar-refractivity contribution in [3.63, 3.8) is 0 Å². The summed E-state index contributed by atoms with van der Waals surface area (Å²) in [5, 5.41) is 11.9. The second kappa shape index (κ2) is 9.61. The number of carbonyl (C=O) groups is 1. The van der Waals surface area contributed by atoms with E-state index in [1.54, 1.807) is 0 Å². The summed E-state index contributed by atoms with van der Waals surface area (Å²) in [5.41, 5.74) is 0.673. The predicted molar refractivity (Wildman–Crippen MR) is 150 cm³/mol. The Morgan fingerprint density at radius 3 is 2.53 bits per heavy atom. The maximum absolute atomic E-state index is 12.8. The summed E-state index contributed by atoms with van der Waals surface area (Å²) < 4.78 is 12.6. The third-order valence-corrected chi connectivity index (χ3v) is 12.6. The molecule has 4 nitrogen and oxygen atoms in total. The molecule has 1 spiro atoms. The summed E-state index contributed by atoms with van der Waals surface area (Å²) in [6.45, 7) is 12.2. The highest BCUT2D eigenvalue weighted by Gasteiger charge is 2.79. The molecule has 1 saturated heterocycles. The summed E-state index contributed by atoms with van der Waals surface area (Å²) in [7, 11) is 0. The van der Waals surface area contributed by atoms with E-state index in [-0.39, 0.29) is 29.2 Å². The monoisotopic (exact) mass is 522 g/mol. The lowest BCUT2D eigenvalue weighted by Gasteiger charge is -2.60. The van der Waals surface area contributed by atoms with Crippen LogP contribution in [0.5, 0.6) is 0 Å². The van der Waals surface area contributed by atoms with E-state index >= 15 is 0 Å². The zero-order valence-electron chi connectivity index (χ0n) is 24.3. The van der Waals surface area contributed by atoms with Gasteiger partial charge in [-0.25, -0.2) is 4.79 Å². The molecule has 0 amide bonds. The highest BCUT2D eigenvalue weighted by atomic mass is 16.6. The number of hydrogen-bond acceptors (Lipinski definition) is 4. The van der Waals surface area contributed by atoms with Crippen molar-refractivity contribution in [2.24, 2.45) is 46.3 Å². The summed E-state index contributed by atoms with van der Waals surface area (Å²) >= 11 is 0. The van der Waals surface area contributed by atoms with Gasteiger partial charge in [0.25, 0.3) is 0 Å². The number of hydrogen-bond donors (Lipinski definition) is 1. The standard InChI is InChI=1S/C34H50O4/c1-21(2)10-9-11-22(3)25-14-15-26-28-27(17-18-32(25,26)4)33(5)19-16-24(20-34(33)30(38-34)29(28)35)37-31(36)23-12-7-6-8-13-23/h6-8,12-13,21-22,24-30,35H,9-11,14-20H2,1-5H3/t22-,24+,25-,26+,27+,28-,29-,30-,32+,33+,34-/m0/s1. The van der Waals surface area contributed by atoms with Crippen molar-refractivity contribution in [3.8, 4) is 0 Å². The number of aliphatic hydroxyl groups is 1. The highest BCUT2D eigenvalue weighted by molar-refractivity contribution is 5.89. The lowest BCUT2D eigenvalue weighted by molar-refractivity contribution is -0.151.